The van der Waals surface area contributed by atoms with E-state index in [2.05, 4.69) is 15.9 Å². The maximum Gasteiger partial charge on any atom is 0.328 e. The van der Waals surface area contributed by atoms with E-state index >= 15 is 0 Å². The molecule has 0 heterocycles. The summed E-state index contributed by atoms with van der Waals surface area (Å²) in [6, 6.07) is 3.70. The molecule has 19 heavy (non-hydrogen) atoms. The highest BCUT2D eigenvalue weighted by molar-refractivity contribution is 9.10. The van der Waals surface area contributed by atoms with Gasteiger partial charge in [0.25, 0.3) is 5.69 Å². The van der Waals surface area contributed by atoms with Gasteiger partial charge in [-0.2, -0.15) is 0 Å². The van der Waals surface area contributed by atoms with Crippen LogP contribution in [0.2, 0.25) is 0 Å². The van der Waals surface area contributed by atoms with Crippen molar-refractivity contribution in [2.75, 3.05) is 0 Å². The number of nitrogens with zero attached hydrogens (tertiary/aromatic N) is 1. The zero-order valence-corrected chi connectivity index (χ0v) is 11.5. The molecule has 0 saturated heterocycles. The van der Waals surface area contributed by atoms with Crippen molar-refractivity contribution in [1.82, 2.24) is 0 Å². The number of benzene rings is 1. The summed E-state index contributed by atoms with van der Waals surface area (Å²) in [6.45, 7) is 1.62. The summed E-state index contributed by atoms with van der Waals surface area (Å²) < 4.78 is 0. The lowest BCUT2D eigenvalue weighted by Gasteiger charge is -2.06. The van der Waals surface area contributed by atoms with Crippen molar-refractivity contribution in [1.29, 1.82) is 0 Å². The van der Waals surface area contributed by atoms with Gasteiger partial charge in [-0.15, -0.1) is 0 Å². The lowest BCUT2D eigenvalue weighted by atomic mass is 10.0. The summed E-state index contributed by atoms with van der Waals surface area (Å²) in [5.41, 5.74) is 0.226. The molecular formula is C12H10BrNO5. The number of hydrogen-bond donors (Lipinski definition) is 1. The van der Waals surface area contributed by atoms with Crippen molar-refractivity contribution in [2.45, 2.75) is 11.8 Å². The van der Waals surface area contributed by atoms with Crippen LogP contribution in [-0.2, 0) is 4.79 Å². The van der Waals surface area contributed by atoms with Crippen molar-refractivity contribution in [3.8, 4) is 0 Å². The van der Waals surface area contributed by atoms with E-state index in [1.54, 1.807) is 6.92 Å². The molecule has 100 valence electrons. The molecule has 6 nitrogen and oxygen atoms in total. The highest BCUT2D eigenvalue weighted by Crippen LogP contribution is 2.22. The Kier molecular flexibility index (Phi) is 4.94. The fourth-order valence-corrected chi connectivity index (χ4v) is 1.65. The van der Waals surface area contributed by atoms with E-state index in [0.717, 1.165) is 12.2 Å². The van der Waals surface area contributed by atoms with Crippen LogP contribution in [0.3, 0.4) is 0 Å². The van der Waals surface area contributed by atoms with Gasteiger partial charge in [0.1, 0.15) is 0 Å². The van der Waals surface area contributed by atoms with Gasteiger partial charge in [-0.05, 0) is 24.6 Å². The average Bonchev–Trinajstić information content (AvgIpc) is 2.34. The van der Waals surface area contributed by atoms with Gasteiger partial charge in [-0.3, -0.25) is 14.9 Å². The minimum Gasteiger partial charge on any atom is -0.478 e. The molecule has 0 spiro atoms. The number of carbonyl (C=O) groups is 2. The number of rotatable bonds is 5. The van der Waals surface area contributed by atoms with Crippen LogP contribution in [0.25, 0.3) is 6.08 Å². The van der Waals surface area contributed by atoms with Crippen molar-refractivity contribution in [3.63, 3.8) is 0 Å². The largest absolute Gasteiger partial charge is 0.478 e. The van der Waals surface area contributed by atoms with Gasteiger partial charge in [-0.25, -0.2) is 4.79 Å². The van der Waals surface area contributed by atoms with Crippen LogP contribution in [0.4, 0.5) is 5.69 Å². The zero-order valence-electron chi connectivity index (χ0n) is 9.87. The summed E-state index contributed by atoms with van der Waals surface area (Å²) >= 11 is 3.11. The number of halogens is 1. The Hall–Kier alpha value is -2.02. The molecule has 1 unspecified atom stereocenters. The Balaban J connectivity index is 3.34. The van der Waals surface area contributed by atoms with Crippen molar-refractivity contribution in [3.05, 3.63) is 45.5 Å². The monoisotopic (exact) mass is 327 g/mol. The second kappa shape index (κ2) is 6.24. The van der Waals surface area contributed by atoms with E-state index in [1.807, 2.05) is 0 Å². The highest BCUT2D eigenvalue weighted by Gasteiger charge is 2.18. The molecule has 0 aliphatic carbocycles. The smallest absolute Gasteiger partial charge is 0.328 e. The maximum absolute atomic E-state index is 11.9. The Morgan fingerprint density at radius 1 is 1.47 bits per heavy atom. The normalized spacial score (nSPS) is 12.3. The van der Waals surface area contributed by atoms with Crippen molar-refractivity contribution < 1.29 is 19.6 Å². The van der Waals surface area contributed by atoms with E-state index in [0.29, 0.717) is 0 Å². The molecule has 0 aliphatic heterocycles. The van der Waals surface area contributed by atoms with Gasteiger partial charge in [0.15, 0.2) is 5.78 Å². The number of ketones is 1. The number of nitro groups is 1. The van der Waals surface area contributed by atoms with E-state index < -0.39 is 15.7 Å². The van der Waals surface area contributed by atoms with Gasteiger partial charge in [0, 0.05) is 23.8 Å². The number of non-ortho nitro benzene ring substituents is 1. The van der Waals surface area contributed by atoms with E-state index in [9.17, 15) is 19.7 Å². The number of hydrogen-bond acceptors (Lipinski definition) is 4. The topological polar surface area (TPSA) is 97.5 Å². The molecule has 1 aromatic carbocycles. The molecule has 1 atom stereocenters. The standard InChI is InChI=1S/C12H10BrNO5/c1-7(13)12(17)10-4-3-9(14(18)19)6-8(10)2-5-11(15)16/h2-7H,1H3,(H,15,16). The minimum absolute atomic E-state index is 0.202. The van der Waals surface area contributed by atoms with Gasteiger partial charge < -0.3 is 5.11 Å². The van der Waals surface area contributed by atoms with Gasteiger partial charge in [-0.1, -0.05) is 15.9 Å². The summed E-state index contributed by atoms with van der Waals surface area (Å²) in [5, 5.41) is 19.3. The van der Waals surface area contributed by atoms with Crippen LogP contribution in [0.15, 0.2) is 24.3 Å². The Labute approximate surface area is 117 Å². The first-order chi connectivity index (χ1) is 8.82. The first kappa shape index (κ1) is 15.0. The quantitative estimate of drug-likeness (QED) is 0.295. The summed E-state index contributed by atoms with van der Waals surface area (Å²) in [4.78, 5) is 32.0. The van der Waals surface area contributed by atoms with Crippen molar-refractivity contribution >= 4 is 39.4 Å². The third-order valence-corrected chi connectivity index (χ3v) is 2.69. The molecule has 0 fully saturated rings. The lowest BCUT2D eigenvalue weighted by molar-refractivity contribution is -0.384. The predicted molar refractivity (Wildman–Crippen MR) is 72.5 cm³/mol. The van der Waals surface area contributed by atoms with Crippen LogP contribution in [-0.4, -0.2) is 26.6 Å². The average molecular weight is 328 g/mol. The van der Waals surface area contributed by atoms with Gasteiger partial charge in [0.2, 0.25) is 0 Å². The Morgan fingerprint density at radius 2 is 2.11 bits per heavy atom. The molecule has 0 amide bonds. The maximum atomic E-state index is 11.9. The summed E-state index contributed by atoms with van der Waals surface area (Å²) in [5.74, 6) is -1.48. The molecule has 1 aromatic rings. The molecule has 7 heteroatoms. The van der Waals surface area contributed by atoms with Crippen LogP contribution < -0.4 is 0 Å². The zero-order chi connectivity index (χ0) is 14.6. The SMILES string of the molecule is CC(Br)C(=O)c1ccc([N+](=O)[O-])cc1C=CC(=O)O. The molecule has 0 aliphatic rings. The lowest BCUT2D eigenvalue weighted by Crippen LogP contribution is -2.11. The van der Waals surface area contributed by atoms with Crippen LogP contribution in [0.5, 0.6) is 0 Å². The number of nitro benzene ring substituents is 1. The van der Waals surface area contributed by atoms with E-state index in [-0.39, 0.29) is 22.6 Å². The second-order valence-electron chi connectivity index (χ2n) is 3.68. The van der Waals surface area contributed by atoms with Crippen LogP contribution >= 0.6 is 15.9 Å². The second-order valence-corrected chi connectivity index (χ2v) is 5.05. The minimum atomic E-state index is -1.20. The predicted octanol–water partition coefficient (Wildman–Crippen LogP) is 2.66. The fraction of sp³-hybridized carbons (Fsp3) is 0.167. The summed E-state index contributed by atoms with van der Waals surface area (Å²) in [7, 11) is 0. The Morgan fingerprint density at radius 3 is 2.58 bits per heavy atom. The van der Waals surface area contributed by atoms with Crippen molar-refractivity contribution in [2.24, 2.45) is 0 Å². The molecular weight excluding hydrogens is 318 g/mol. The number of carboxylic acids is 1. The molecule has 0 radical (unpaired) electrons. The van der Waals surface area contributed by atoms with E-state index in [4.69, 9.17) is 5.11 Å². The fourth-order valence-electron chi connectivity index (χ4n) is 1.40. The van der Waals surface area contributed by atoms with E-state index in [1.165, 1.54) is 18.2 Å². The molecule has 1 rings (SSSR count). The third kappa shape index (κ3) is 3.99. The first-order valence-electron chi connectivity index (χ1n) is 5.20. The Bertz CT molecular complexity index is 565. The van der Waals surface area contributed by atoms with Gasteiger partial charge >= 0.3 is 5.97 Å². The van der Waals surface area contributed by atoms with Crippen LogP contribution in [0, 0.1) is 10.1 Å². The first-order valence-corrected chi connectivity index (χ1v) is 6.12. The highest BCUT2D eigenvalue weighted by atomic mass is 79.9. The number of Topliss-reactive ketones (excluding diaryl/α,β-unsaturated/α-hetero) is 1. The number of carboxylic acid groups (broad SMARTS) is 1. The molecule has 0 saturated carbocycles. The molecule has 0 bridgehead atoms. The molecule has 1 N–H and O–H groups in total. The summed E-state index contributed by atoms with van der Waals surface area (Å²) in [6.07, 6.45) is 1.99. The van der Waals surface area contributed by atoms with Crippen LogP contribution in [0.1, 0.15) is 22.8 Å². The third-order valence-electron chi connectivity index (χ3n) is 2.28. The molecule has 0 aromatic heterocycles. The number of carbonyl (C=O) groups excluding carboxylic acids is 1. The van der Waals surface area contributed by atoms with Gasteiger partial charge in [0.05, 0.1) is 9.75 Å². The number of aliphatic carboxylic acids is 1. The number of alkyl halides is 1.